The number of halogens is 1. The minimum Gasteiger partial charge on any atom is -0.336 e. The molecule has 0 spiro atoms. The molecule has 0 radical (unpaired) electrons. The Morgan fingerprint density at radius 1 is 1.45 bits per heavy atom. The van der Waals surface area contributed by atoms with Crippen molar-refractivity contribution in [2.24, 2.45) is 0 Å². The molecule has 1 saturated heterocycles. The summed E-state index contributed by atoms with van der Waals surface area (Å²) in [5, 5.41) is 14.2. The highest BCUT2D eigenvalue weighted by Gasteiger charge is 2.27. The van der Waals surface area contributed by atoms with Gasteiger partial charge in [0.1, 0.15) is 0 Å². The van der Waals surface area contributed by atoms with E-state index in [1.54, 1.807) is 0 Å². The van der Waals surface area contributed by atoms with Crippen LogP contribution in [0.2, 0.25) is 5.02 Å². The number of carbonyl (C=O) groups is 1. The van der Waals surface area contributed by atoms with Gasteiger partial charge in [0.15, 0.2) is 0 Å². The summed E-state index contributed by atoms with van der Waals surface area (Å²) < 4.78 is 0. The van der Waals surface area contributed by atoms with E-state index in [9.17, 15) is 14.9 Å². The van der Waals surface area contributed by atoms with Crippen LogP contribution in [0.5, 0.6) is 0 Å². The van der Waals surface area contributed by atoms with Crippen molar-refractivity contribution in [2.75, 3.05) is 19.6 Å². The minimum atomic E-state index is -0.517. The van der Waals surface area contributed by atoms with Crippen LogP contribution in [0.4, 0.5) is 5.69 Å². The van der Waals surface area contributed by atoms with Gasteiger partial charge < -0.3 is 10.2 Å². The molecule has 0 unspecified atom stereocenters. The lowest BCUT2D eigenvalue weighted by Crippen LogP contribution is -2.46. The largest absolute Gasteiger partial charge is 0.336 e. The molecule has 1 aromatic rings. The molecule has 120 valence electrons. The maximum Gasteiger partial charge on any atom is 0.270 e. The molecule has 0 aliphatic carbocycles. The lowest BCUT2D eigenvalue weighted by Gasteiger charge is -2.34. The molecule has 1 amide bonds. The summed E-state index contributed by atoms with van der Waals surface area (Å²) in [6, 6.07) is 4.21. The molecule has 0 aromatic heterocycles. The van der Waals surface area contributed by atoms with Crippen molar-refractivity contribution < 1.29 is 9.72 Å². The van der Waals surface area contributed by atoms with Gasteiger partial charge in [-0.05, 0) is 38.4 Å². The van der Waals surface area contributed by atoms with Crippen molar-refractivity contribution in [3.8, 4) is 0 Å². The van der Waals surface area contributed by atoms with Crippen LogP contribution in [0.25, 0.3) is 0 Å². The second-order valence-electron chi connectivity index (χ2n) is 5.40. The fourth-order valence-corrected chi connectivity index (χ4v) is 3.01. The SMILES string of the molecule is CCCN(C(=O)c1ccc([N+](=O)[O-])cc1Cl)C1CCNCC1. The second kappa shape index (κ2) is 7.56. The Kier molecular flexibility index (Phi) is 5.74. The van der Waals surface area contributed by atoms with Gasteiger partial charge in [-0.3, -0.25) is 14.9 Å². The molecule has 1 aliphatic rings. The molecular formula is C15H20ClN3O3. The van der Waals surface area contributed by atoms with E-state index in [-0.39, 0.29) is 22.7 Å². The van der Waals surface area contributed by atoms with E-state index in [2.05, 4.69) is 5.32 Å². The van der Waals surface area contributed by atoms with Gasteiger partial charge in [0, 0.05) is 24.7 Å². The normalized spacial score (nSPS) is 15.5. The summed E-state index contributed by atoms with van der Waals surface area (Å²) in [6.07, 6.45) is 2.69. The molecule has 1 aromatic carbocycles. The summed E-state index contributed by atoms with van der Waals surface area (Å²) >= 11 is 6.09. The summed E-state index contributed by atoms with van der Waals surface area (Å²) in [6.45, 7) is 4.48. The number of carbonyl (C=O) groups excluding carboxylic acids is 1. The Labute approximate surface area is 134 Å². The van der Waals surface area contributed by atoms with E-state index in [1.165, 1.54) is 18.2 Å². The maximum absolute atomic E-state index is 12.8. The van der Waals surface area contributed by atoms with Gasteiger partial charge in [0.2, 0.25) is 0 Å². The zero-order valence-electron chi connectivity index (χ0n) is 12.5. The van der Waals surface area contributed by atoms with Crippen LogP contribution in [-0.4, -0.2) is 41.4 Å². The van der Waals surface area contributed by atoms with Gasteiger partial charge in [-0.2, -0.15) is 0 Å². The van der Waals surface area contributed by atoms with Gasteiger partial charge in [-0.1, -0.05) is 18.5 Å². The van der Waals surface area contributed by atoms with E-state index in [0.29, 0.717) is 12.1 Å². The van der Waals surface area contributed by atoms with E-state index in [1.807, 2.05) is 11.8 Å². The number of nitro groups is 1. The Hall–Kier alpha value is -1.66. The van der Waals surface area contributed by atoms with E-state index in [0.717, 1.165) is 32.4 Å². The van der Waals surface area contributed by atoms with Crippen molar-refractivity contribution in [3.05, 3.63) is 38.9 Å². The average Bonchev–Trinajstić information content (AvgIpc) is 2.52. The van der Waals surface area contributed by atoms with E-state index in [4.69, 9.17) is 11.6 Å². The van der Waals surface area contributed by atoms with Crippen molar-refractivity contribution >= 4 is 23.2 Å². The molecule has 6 nitrogen and oxygen atoms in total. The number of amides is 1. The predicted octanol–water partition coefficient (Wildman–Crippen LogP) is 2.85. The first-order chi connectivity index (χ1) is 10.5. The highest BCUT2D eigenvalue weighted by atomic mass is 35.5. The molecule has 1 fully saturated rings. The van der Waals surface area contributed by atoms with Crippen LogP contribution in [0.3, 0.4) is 0 Å². The number of benzene rings is 1. The Morgan fingerprint density at radius 2 is 2.14 bits per heavy atom. The highest BCUT2D eigenvalue weighted by molar-refractivity contribution is 6.34. The number of rotatable bonds is 5. The standard InChI is InChI=1S/C15H20ClN3O3/c1-2-9-18(11-5-7-17-8-6-11)15(20)13-4-3-12(19(21)22)10-14(13)16/h3-4,10-11,17H,2,5-9H2,1H3. The van der Waals surface area contributed by atoms with Crippen LogP contribution in [0.1, 0.15) is 36.5 Å². The number of hydrogen-bond acceptors (Lipinski definition) is 4. The Morgan fingerprint density at radius 3 is 2.68 bits per heavy atom. The highest BCUT2D eigenvalue weighted by Crippen LogP contribution is 2.25. The number of nitrogens with zero attached hydrogens (tertiary/aromatic N) is 2. The third-order valence-electron chi connectivity index (χ3n) is 3.87. The van der Waals surface area contributed by atoms with Crippen molar-refractivity contribution in [1.29, 1.82) is 0 Å². The van der Waals surface area contributed by atoms with Gasteiger partial charge in [-0.25, -0.2) is 0 Å². The number of hydrogen-bond donors (Lipinski definition) is 1. The second-order valence-corrected chi connectivity index (χ2v) is 5.81. The summed E-state index contributed by atoms with van der Waals surface area (Å²) in [7, 11) is 0. The molecule has 1 heterocycles. The van der Waals surface area contributed by atoms with Gasteiger partial charge >= 0.3 is 0 Å². The molecule has 22 heavy (non-hydrogen) atoms. The predicted molar refractivity (Wildman–Crippen MR) is 85.3 cm³/mol. The Balaban J connectivity index is 2.24. The first kappa shape index (κ1) is 16.7. The Bertz CT molecular complexity index is 559. The lowest BCUT2D eigenvalue weighted by atomic mass is 10.0. The first-order valence-corrected chi connectivity index (χ1v) is 7.88. The van der Waals surface area contributed by atoms with Crippen LogP contribution in [-0.2, 0) is 0 Å². The monoisotopic (exact) mass is 325 g/mol. The molecule has 2 rings (SSSR count). The fraction of sp³-hybridized carbons (Fsp3) is 0.533. The smallest absolute Gasteiger partial charge is 0.270 e. The lowest BCUT2D eigenvalue weighted by molar-refractivity contribution is -0.384. The molecule has 0 saturated carbocycles. The minimum absolute atomic E-state index is 0.106. The van der Waals surface area contributed by atoms with Crippen LogP contribution in [0.15, 0.2) is 18.2 Å². The van der Waals surface area contributed by atoms with Crippen molar-refractivity contribution in [3.63, 3.8) is 0 Å². The van der Waals surface area contributed by atoms with Crippen LogP contribution < -0.4 is 5.32 Å². The van der Waals surface area contributed by atoms with Crippen molar-refractivity contribution in [1.82, 2.24) is 10.2 Å². The summed E-state index contributed by atoms with van der Waals surface area (Å²) in [4.78, 5) is 24.9. The summed E-state index contributed by atoms with van der Waals surface area (Å²) in [5.74, 6) is -0.145. The third-order valence-corrected chi connectivity index (χ3v) is 4.18. The molecule has 7 heteroatoms. The fourth-order valence-electron chi connectivity index (χ4n) is 2.75. The average molecular weight is 326 g/mol. The zero-order chi connectivity index (χ0) is 16.1. The molecule has 1 aliphatic heterocycles. The summed E-state index contributed by atoms with van der Waals surface area (Å²) in [5.41, 5.74) is 0.227. The van der Waals surface area contributed by atoms with Gasteiger partial charge in [0.05, 0.1) is 15.5 Å². The number of non-ortho nitro benzene ring substituents is 1. The number of nitro benzene ring substituents is 1. The van der Waals surface area contributed by atoms with Gasteiger partial charge in [-0.15, -0.1) is 0 Å². The quantitative estimate of drug-likeness (QED) is 0.667. The van der Waals surface area contributed by atoms with Gasteiger partial charge in [0.25, 0.3) is 11.6 Å². The number of piperidine rings is 1. The zero-order valence-corrected chi connectivity index (χ0v) is 13.3. The van der Waals surface area contributed by atoms with Crippen LogP contribution >= 0.6 is 11.6 Å². The first-order valence-electron chi connectivity index (χ1n) is 7.50. The third kappa shape index (κ3) is 3.75. The van der Waals surface area contributed by atoms with Crippen LogP contribution in [0, 0.1) is 10.1 Å². The molecule has 0 bridgehead atoms. The molecule has 0 atom stereocenters. The topological polar surface area (TPSA) is 75.5 Å². The van der Waals surface area contributed by atoms with E-state index >= 15 is 0 Å². The number of nitrogens with one attached hydrogen (secondary N) is 1. The molecule has 1 N–H and O–H groups in total. The van der Waals surface area contributed by atoms with E-state index < -0.39 is 4.92 Å². The molecular weight excluding hydrogens is 306 g/mol. The van der Waals surface area contributed by atoms with Crippen molar-refractivity contribution in [2.45, 2.75) is 32.2 Å². The maximum atomic E-state index is 12.8.